The molecule has 0 spiro atoms. The fourth-order valence-corrected chi connectivity index (χ4v) is 10.8. The van der Waals surface area contributed by atoms with Crippen LogP contribution in [0, 0.1) is 35.5 Å². The lowest BCUT2D eigenvalue weighted by molar-refractivity contribution is 1.54. The van der Waals surface area contributed by atoms with Gasteiger partial charge in [-0.05, 0) is 209 Å². The first kappa shape index (κ1) is 51.9. The summed E-state index contributed by atoms with van der Waals surface area (Å²) >= 11 is 0. The van der Waals surface area contributed by atoms with Crippen LogP contribution in [0.3, 0.4) is 0 Å². The molecule has 0 radical (unpaired) electrons. The minimum Gasteiger partial charge on any atom is -0.0622 e. The van der Waals surface area contributed by atoms with Gasteiger partial charge in [0.1, 0.15) is 0 Å². The molecule has 13 rings (SSSR count). The Morgan fingerprint density at radius 1 is 0.107 bits per heavy atom. The molecule has 84 heavy (non-hydrogen) atoms. The highest BCUT2D eigenvalue weighted by Crippen LogP contribution is 2.36. The molecule has 0 saturated heterocycles. The predicted molar refractivity (Wildman–Crippen MR) is 353 cm³/mol. The van der Waals surface area contributed by atoms with Gasteiger partial charge in [0.05, 0.1) is 0 Å². The molecule has 0 heteroatoms. The Labute approximate surface area is 493 Å². The van der Waals surface area contributed by atoms with Crippen molar-refractivity contribution < 1.29 is 0 Å². The Hall–Kier alpha value is -11.5. The summed E-state index contributed by atoms with van der Waals surface area (Å²) in [6, 6.07) is 116. The first-order chi connectivity index (χ1) is 41.5. The van der Waals surface area contributed by atoms with Crippen LogP contribution >= 0.6 is 0 Å². The van der Waals surface area contributed by atoms with Crippen LogP contribution in [-0.2, 0) is 0 Å². The third-order valence-electron chi connectivity index (χ3n) is 15.0. The van der Waals surface area contributed by atoms with Gasteiger partial charge >= 0.3 is 0 Å². The first-order valence-electron chi connectivity index (χ1n) is 28.4. The van der Waals surface area contributed by atoms with Crippen LogP contribution in [0.5, 0.6) is 0 Å². The van der Waals surface area contributed by atoms with Gasteiger partial charge in [-0.15, -0.1) is 0 Å². The highest BCUT2D eigenvalue weighted by molar-refractivity contribution is 5.84. The van der Waals surface area contributed by atoms with Crippen LogP contribution < -0.4 is 0 Å². The van der Waals surface area contributed by atoms with Gasteiger partial charge in [0, 0.05) is 33.4 Å². The minimum absolute atomic E-state index is 0.930. The summed E-state index contributed by atoms with van der Waals surface area (Å²) in [6.45, 7) is 0. The number of hydrogen-bond donors (Lipinski definition) is 0. The largest absolute Gasteiger partial charge is 0.0622 e. The van der Waals surface area contributed by atoms with E-state index in [0.717, 1.165) is 134 Å². The normalized spacial score (nSPS) is 10.6. The van der Waals surface area contributed by atoms with E-state index in [4.69, 9.17) is 0 Å². The third-order valence-corrected chi connectivity index (χ3v) is 15.0. The van der Waals surface area contributed by atoms with Crippen LogP contribution in [0.25, 0.3) is 100 Å². The molecule has 0 N–H and O–H groups in total. The molecular weight excluding hydrogens is 1010 g/mol. The molecule has 0 aliphatic carbocycles. The molecule has 0 heterocycles. The molecule has 0 saturated carbocycles. The van der Waals surface area contributed by atoms with E-state index in [2.05, 4.69) is 363 Å². The van der Waals surface area contributed by atoms with E-state index in [9.17, 15) is 0 Å². The van der Waals surface area contributed by atoms with Gasteiger partial charge in [0.2, 0.25) is 0 Å². The summed E-state index contributed by atoms with van der Waals surface area (Å²) in [7, 11) is 0. The molecule has 0 aliphatic heterocycles. The minimum atomic E-state index is 0.930. The predicted octanol–water partition coefficient (Wildman–Crippen LogP) is 20.9. The molecule has 0 atom stereocenters. The van der Waals surface area contributed by atoms with Crippen LogP contribution in [0.4, 0.5) is 0 Å². The fraction of sp³-hybridized carbons (Fsp3) is 0. The van der Waals surface area contributed by atoms with Crippen molar-refractivity contribution in [3.8, 4) is 136 Å². The third kappa shape index (κ3) is 12.4. The Morgan fingerprint density at radius 3 is 0.464 bits per heavy atom. The standard InChI is InChI=1S/C84H54/c1-7-25-67(26-8-1)76-49-64(50-77(55-76)68-27-9-2-10-28-68)43-40-61-22-19-37-73(46-61)82-58-83(74-38-20-23-62(47-74)41-44-65-51-78(69-29-11-3-12-30-69)56-79(52-65)70-31-13-4-14-32-70)60-84(59-82)75-39-21-24-63(48-75)42-45-66-53-80(71-33-15-5-16-34-71)57-81(54-66)72-35-17-6-18-36-72/h1-39,46-60H. The highest BCUT2D eigenvalue weighted by Gasteiger charge is 2.12. The fourth-order valence-electron chi connectivity index (χ4n) is 10.8. The average Bonchev–Trinajstić information content (AvgIpc) is 3.75. The molecule has 390 valence electrons. The van der Waals surface area contributed by atoms with Gasteiger partial charge in [-0.1, -0.05) is 254 Å². The number of benzene rings is 13. The van der Waals surface area contributed by atoms with Gasteiger partial charge in [0.15, 0.2) is 0 Å². The van der Waals surface area contributed by atoms with Gasteiger partial charge < -0.3 is 0 Å². The summed E-state index contributed by atoms with van der Waals surface area (Å²) in [5, 5.41) is 0. The lowest BCUT2D eigenvalue weighted by Crippen LogP contribution is -1.89. The van der Waals surface area contributed by atoms with Crippen molar-refractivity contribution >= 4 is 0 Å². The molecule has 0 aliphatic rings. The summed E-state index contributed by atoms with van der Waals surface area (Å²) in [6.07, 6.45) is 0. The van der Waals surface area contributed by atoms with Gasteiger partial charge in [-0.3, -0.25) is 0 Å². The van der Waals surface area contributed by atoms with Crippen molar-refractivity contribution in [3.63, 3.8) is 0 Å². The Balaban J connectivity index is 0.886. The molecule has 0 fully saturated rings. The van der Waals surface area contributed by atoms with E-state index >= 15 is 0 Å². The summed E-state index contributed by atoms with van der Waals surface area (Å²) in [5.41, 5.74) is 25.8. The maximum absolute atomic E-state index is 3.56. The lowest BCUT2D eigenvalue weighted by atomic mass is 9.92. The van der Waals surface area contributed by atoms with Crippen molar-refractivity contribution in [1.29, 1.82) is 0 Å². The summed E-state index contributed by atoms with van der Waals surface area (Å²) in [4.78, 5) is 0. The van der Waals surface area contributed by atoms with E-state index in [1.165, 1.54) is 0 Å². The summed E-state index contributed by atoms with van der Waals surface area (Å²) in [5.74, 6) is 21.4. The second kappa shape index (κ2) is 24.5. The smallest absolute Gasteiger partial charge is 0.0261 e. The van der Waals surface area contributed by atoms with Gasteiger partial charge in [-0.2, -0.15) is 0 Å². The molecule has 13 aromatic carbocycles. The lowest BCUT2D eigenvalue weighted by Gasteiger charge is -2.12. The SMILES string of the molecule is C(#Cc1cc(-c2ccccc2)cc(-c2ccccc2)c1)c1cccc(-c2cc(-c3cccc(C#Cc4cc(-c5ccccc5)cc(-c5ccccc5)c4)c3)cc(-c3cccc(C#Cc4cc(-c5ccccc5)cc(-c5ccccc5)c4)c3)c2)c1. The molecule has 0 unspecified atom stereocenters. The summed E-state index contributed by atoms with van der Waals surface area (Å²) < 4.78 is 0. The van der Waals surface area contributed by atoms with Crippen LogP contribution in [0.15, 0.2) is 328 Å². The molecule has 0 amide bonds. The zero-order valence-corrected chi connectivity index (χ0v) is 46.2. The van der Waals surface area contributed by atoms with Crippen LogP contribution in [0.2, 0.25) is 0 Å². The van der Waals surface area contributed by atoms with E-state index in [-0.39, 0.29) is 0 Å². The average molecular weight is 1060 g/mol. The zero-order valence-electron chi connectivity index (χ0n) is 46.2. The van der Waals surface area contributed by atoms with E-state index in [1.54, 1.807) is 0 Å². The second-order valence-electron chi connectivity index (χ2n) is 20.9. The Morgan fingerprint density at radius 2 is 0.262 bits per heavy atom. The van der Waals surface area contributed by atoms with Crippen molar-refractivity contribution in [3.05, 3.63) is 361 Å². The van der Waals surface area contributed by atoms with E-state index in [1.807, 2.05) is 0 Å². The molecule has 13 aromatic rings. The maximum atomic E-state index is 3.56. The molecule has 0 bridgehead atoms. The van der Waals surface area contributed by atoms with Crippen molar-refractivity contribution in [2.75, 3.05) is 0 Å². The van der Waals surface area contributed by atoms with Gasteiger partial charge in [0.25, 0.3) is 0 Å². The van der Waals surface area contributed by atoms with E-state index in [0.29, 0.717) is 0 Å². The maximum Gasteiger partial charge on any atom is 0.0261 e. The highest BCUT2D eigenvalue weighted by atomic mass is 14.2. The molecule has 0 aromatic heterocycles. The molecular formula is C84H54. The Bertz CT molecular complexity index is 4010. The monoisotopic (exact) mass is 1060 g/mol. The number of rotatable bonds is 9. The quantitative estimate of drug-likeness (QED) is 0.126. The van der Waals surface area contributed by atoms with Crippen LogP contribution in [0.1, 0.15) is 33.4 Å². The van der Waals surface area contributed by atoms with Crippen LogP contribution in [-0.4, -0.2) is 0 Å². The van der Waals surface area contributed by atoms with Crippen molar-refractivity contribution in [2.24, 2.45) is 0 Å². The zero-order chi connectivity index (χ0) is 56.3. The van der Waals surface area contributed by atoms with Crippen molar-refractivity contribution in [1.82, 2.24) is 0 Å². The van der Waals surface area contributed by atoms with E-state index < -0.39 is 0 Å². The molecule has 0 nitrogen and oxygen atoms in total. The topological polar surface area (TPSA) is 0 Å². The second-order valence-corrected chi connectivity index (χ2v) is 20.9. The van der Waals surface area contributed by atoms with Gasteiger partial charge in [-0.25, -0.2) is 0 Å². The van der Waals surface area contributed by atoms with Crippen molar-refractivity contribution in [2.45, 2.75) is 0 Å². The Kier molecular flexibility index (Phi) is 15.2. The number of hydrogen-bond acceptors (Lipinski definition) is 0. The first-order valence-corrected chi connectivity index (χ1v) is 28.4.